The molecule has 1 aromatic carbocycles. The Bertz CT molecular complexity index is 1060. The number of alkyl halides is 3. The summed E-state index contributed by atoms with van der Waals surface area (Å²) in [6, 6.07) is 6.97. The van der Waals surface area contributed by atoms with Crippen LogP contribution in [-0.4, -0.2) is 29.6 Å². The van der Waals surface area contributed by atoms with Crippen LogP contribution >= 0.6 is 0 Å². The molecular formula is C20H17F3N4O3. The first kappa shape index (κ1) is 21.1. The second-order valence-electron chi connectivity index (χ2n) is 6.51. The highest BCUT2D eigenvalue weighted by Crippen LogP contribution is 2.49. The average Bonchev–Trinajstić information content (AvgIpc) is 2.65. The summed E-state index contributed by atoms with van der Waals surface area (Å²) in [6.45, 7) is 3.53. The molecule has 2 N–H and O–H groups in total. The number of pyridine rings is 1. The number of halogens is 3. The molecular weight excluding hydrogens is 401 g/mol. The van der Waals surface area contributed by atoms with E-state index in [1.54, 1.807) is 26.0 Å². The molecule has 0 fully saturated rings. The van der Waals surface area contributed by atoms with Gasteiger partial charge in [-0.15, -0.1) is 13.2 Å². The average molecular weight is 418 g/mol. The number of nitrogens with zero attached hydrogens (tertiary/aromatic N) is 3. The summed E-state index contributed by atoms with van der Waals surface area (Å²) in [5.41, 5.74) is 6.63. The molecule has 0 bridgehead atoms. The van der Waals surface area contributed by atoms with Crippen LogP contribution in [-0.2, 0) is 4.79 Å². The third-order valence-corrected chi connectivity index (χ3v) is 4.61. The molecule has 7 nitrogen and oxygen atoms in total. The Labute approximate surface area is 169 Å². The molecule has 1 aliphatic rings. The van der Waals surface area contributed by atoms with Gasteiger partial charge in [-0.3, -0.25) is 9.79 Å². The summed E-state index contributed by atoms with van der Waals surface area (Å²) in [5.74, 6) is -3.32. The number of ether oxygens (including phenoxy) is 2. The molecule has 2 aromatic rings. The highest BCUT2D eigenvalue weighted by atomic mass is 19.4. The molecule has 0 saturated heterocycles. The van der Waals surface area contributed by atoms with Crippen LogP contribution < -0.4 is 15.2 Å². The van der Waals surface area contributed by atoms with Crippen LogP contribution in [0.4, 0.5) is 18.9 Å². The van der Waals surface area contributed by atoms with Crippen LogP contribution in [0.15, 0.2) is 35.5 Å². The largest absolute Gasteiger partial charge is 0.573 e. The fraction of sp³-hybridized carbons (Fsp3) is 0.300. The van der Waals surface area contributed by atoms with Crippen LogP contribution in [0, 0.1) is 17.2 Å². The van der Waals surface area contributed by atoms with E-state index in [1.807, 2.05) is 0 Å². The highest BCUT2D eigenvalue weighted by Gasteiger charge is 2.42. The maximum Gasteiger partial charge on any atom is 0.573 e. The van der Waals surface area contributed by atoms with Gasteiger partial charge < -0.3 is 15.2 Å². The second kappa shape index (κ2) is 8.02. The Hall–Kier alpha value is -3.61. The maximum atomic E-state index is 13.1. The van der Waals surface area contributed by atoms with E-state index in [1.165, 1.54) is 18.3 Å². The van der Waals surface area contributed by atoms with Gasteiger partial charge in [0, 0.05) is 29.0 Å². The van der Waals surface area contributed by atoms with Crippen molar-refractivity contribution in [1.29, 1.82) is 5.26 Å². The van der Waals surface area contributed by atoms with E-state index >= 15 is 0 Å². The van der Waals surface area contributed by atoms with Crippen molar-refractivity contribution in [2.24, 2.45) is 16.6 Å². The number of carbonyl (C=O) groups excluding carboxylic acids is 1. The van der Waals surface area contributed by atoms with E-state index in [0.717, 1.165) is 6.07 Å². The Balaban J connectivity index is 2.32. The Morgan fingerprint density at radius 3 is 2.67 bits per heavy atom. The van der Waals surface area contributed by atoms with Crippen LogP contribution in [0.3, 0.4) is 0 Å². The Morgan fingerprint density at radius 1 is 1.33 bits per heavy atom. The molecule has 3 rings (SSSR count). The topological polar surface area (TPSA) is 111 Å². The Morgan fingerprint density at radius 2 is 2.07 bits per heavy atom. The zero-order valence-corrected chi connectivity index (χ0v) is 16.0. The van der Waals surface area contributed by atoms with E-state index in [0.29, 0.717) is 17.0 Å². The third-order valence-electron chi connectivity index (χ3n) is 4.61. The first-order chi connectivity index (χ1) is 14.2. The minimum Gasteiger partial charge on any atom is -0.478 e. The number of amides is 1. The van der Waals surface area contributed by atoms with Crippen molar-refractivity contribution >= 4 is 17.3 Å². The summed E-state index contributed by atoms with van der Waals surface area (Å²) < 4.78 is 49.0. The monoisotopic (exact) mass is 418 g/mol. The normalized spacial score (nSPS) is 18.1. The van der Waals surface area contributed by atoms with Crippen LogP contribution in [0.1, 0.15) is 36.5 Å². The van der Waals surface area contributed by atoms with E-state index in [-0.39, 0.29) is 23.6 Å². The van der Waals surface area contributed by atoms with E-state index < -0.39 is 29.9 Å². The van der Waals surface area contributed by atoms with Gasteiger partial charge in [0.1, 0.15) is 5.75 Å². The van der Waals surface area contributed by atoms with Crippen molar-refractivity contribution in [2.45, 2.75) is 26.1 Å². The van der Waals surface area contributed by atoms with Gasteiger partial charge in [0.25, 0.3) is 0 Å². The van der Waals surface area contributed by atoms with Gasteiger partial charge >= 0.3 is 6.36 Å². The predicted molar refractivity (Wildman–Crippen MR) is 101 cm³/mol. The SMILES string of the molecule is CCOc1nccc2c1C(c1ccc(C#N)cc1OC(F)(F)F)C(C(N)=O)C(C)=N2. The molecule has 1 aliphatic heterocycles. The fourth-order valence-corrected chi connectivity index (χ4v) is 3.53. The molecule has 0 spiro atoms. The molecule has 2 atom stereocenters. The van der Waals surface area contributed by atoms with Gasteiger partial charge in [-0.05, 0) is 32.0 Å². The van der Waals surface area contributed by atoms with Crippen molar-refractivity contribution in [2.75, 3.05) is 6.61 Å². The number of aliphatic imine (C=N–C) groups is 1. The van der Waals surface area contributed by atoms with Crippen molar-refractivity contribution in [1.82, 2.24) is 4.98 Å². The number of fused-ring (bicyclic) bond motifs is 1. The van der Waals surface area contributed by atoms with Gasteiger partial charge in [-0.1, -0.05) is 6.07 Å². The lowest BCUT2D eigenvalue weighted by atomic mass is 9.75. The predicted octanol–water partition coefficient (Wildman–Crippen LogP) is 3.59. The molecule has 0 radical (unpaired) electrons. The van der Waals surface area contributed by atoms with Gasteiger partial charge in [-0.25, -0.2) is 4.98 Å². The van der Waals surface area contributed by atoms with Gasteiger partial charge in [-0.2, -0.15) is 5.26 Å². The number of aromatic nitrogens is 1. The van der Waals surface area contributed by atoms with Gasteiger partial charge in [0.2, 0.25) is 11.8 Å². The first-order valence-corrected chi connectivity index (χ1v) is 8.92. The summed E-state index contributed by atoms with van der Waals surface area (Å²) in [4.78, 5) is 20.9. The smallest absolute Gasteiger partial charge is 0.478 e. The van der Waals surface area contributed by atoms with E-state index in [9.17, 15) is 18.0 Å². The molecule has 2 heterocycles. The lowest BCUT2D eigenvalue weighted by molar-refractivity contribution is -0.274. The number of carbonyl (C=O) groups is 1. The molecule has 2 unspecified atom stereocenters. The molecule has 156 valence electrons. The lowest BCUT2D eigenvalue weighted by Gasteiger charge is -2.32. The number of benzene rings is 1. The maximum absolute atomic E-state index is 13.1. The van der Waals surface area contributed by atoms with Crippen LogP contribution in [0.25, 0.3) is 0 Å². The Kier molecular flexibility index (Phi) is 5.64. The van der Waals surface area contributed by atoms with E-state index in [4.69, 9.17) is 15.7 Å². The summed E-state index contributed by atoms with van der Waals surface area (Å²) in [6.07, 6.45) is -3.56. The highest BCUT2D eigenvalue weighted by molar-refractivity contribution is 6.06. The van der Waals surface area contributed by atoms with Gasteiger partial charge in [0.15, 0.2) is 0 Å². The number of primary amides is 1. The quantitative estimate of drug-likeness (QED) is 0.798. The van der Waals surface area contributed by atoms with Gasteiger partial charge in [0.05, 0.1) is 29.8 Å². The number of rotatable bonds is 5. The zero-order chi connectivity index (χ0) is 22.1. The minimum absolute atomic E-state index is 0.0135. The summed E-state index contributed by atoms with van der Waals surface area (Å²) in [7, 11) is 0. The molecule has 0 saturated carbocycles. The second-order valence-corrected chi connectivity index (χ2v) is 6.51. The fourth-order valence-electron chi connectivity index (χ4n) is 3.53. The van der Waals surface area contributed by atoms with Crippen molar-refractivity contribution < 1.29 is 27.4 Å². The summed E-state index contributed by atoms with van der Waals surface area (Å²) in [5, 5.41) is 9.11. The molecule has 30 heavy (non-hydrogen) atoms. The first-order valence-electron chi connectivity index (χ1n) is 8.92. The third kappa shape index (κ3) is 4.05. The molecule has 1 amide bonds. The molecule has 1 aromatic heterocycles. The van der Waals surface area contributed by atoms with Crippen molar-refractivity contribution in [3.05, 3.63) is 47.2 Å². The van der Waals surface area contributed by atoms with Crippen molar-refractivity contribution in [3.8, 4) is 17.7 Å². The number of nitriles is 1. The lowest BCUT2D eigenvalue weighted by Crippen LogP contribution is -2.37. The summed E-state index contributed by atoms with van der Waals surface area (Å²) >= 11 is 0. The standard InChI is InChI=1S/C20H17F3N4O3/c1-3-29-19-17-13(6-7-26-19)27-10(2)15(18(25)28)16(17)12-5-4-11(9-24)8-14(12)30-20(21,22)23/h4-8,15-16H,3H2,1-2H3,(H2,25,28). The van der Waals surface area contributed by atoms with E-state index in [2.05, 4.69) is 14.7 Å². The molecule has 0 aliphatic carbocycles. The van der Waals surface area contributed by atoms with Crippen LogP contribution in [0.2, 0.25) is 0 Å². The number of hydrogen-bond donors (Lipinski definition) is 1. The van der Waals surface area contributed by atoms with Crippen LogP contribution in [0.5, 0.6) is 11.6 Å². The number of hydrogen-bond acceptors (Lipinski definition) is 6. The molecule has 10 heteroatoms. The zero-order valence-electron chi connectivity index (χ0n) is 16.0. The number of nitrogens with two attached hydrogens (primary N) is 1. The minimum atomic E-state index is -5.01. The van der Waals surface area contributed by atoms with Crippen molar-refractivity contribution in [3.63, 3.8) is 0 Å².